The van der Waals surface area contributed by atoms with Crippen molar-refractivity contribution in [2.24, 2.45) is 12.8 Å². The number of nitrogens with two attached hydrogens (primary N) is 1. The molecule has 1 aromatic carbocycles. The molecular weight excluding hydrogens is 278 g/mol. The van der Waals surface area contributed by atoms with Crippen molar-refractivity contribution in [2.75, 3.05) is 6.54 Å². The van der Waals surface area contributed by atoms with Gasteiger partial charge in [0.2, 0.25) is 0 Å². The number of rotatable bonds is 3. The minimum atomic E-state index is 0.643. The molecule has 2 N–H and O–H groups in total. The lowest BCUT2D eigenvalue weighted by atomic mass is 10.0. The summed E-state index contributed by atoms with van der Waals surface area (Å²) >= 11 is 3.59. The van der Waals surface area contributed by atoms with Crippen LogP contribution in [0.15, 0.2) is 28.7 Å². The maximum atomic E-state index is 5.67. The van der Waals surface area contributed by atoms with Crippen molar-refractivity contribution < 1.29 is 0 Å². The molecule has 17 heavy (non-hydrogen) atoms. The Balaban J connectivity index is 2.62. The van der Waals surface area contributed by atoms with Gasteiger partial charge in [-0.25, -0.2) is 0 Å². The first-order valence-electron chi connectivity index (χ1n) is 5.62. The van der Waals surface area contributed by atoms with Gasteiger partial charge in [0, 0.05) is 22.6 Å². The lowest BCUT2D eigenvalue weighted by Gasteiger charge is -2.08. The molecule has 0 fully saturated rings. The van der Waals surface area contributed by atoms with Gasteiger partial charge in [-0.15, -0.1) is 0 Å². The number of nitrogens with zero attached hydrogens (tertiary/aromatic N) is 2. The Bertz CT molecular complexity index is 531. The molecule has 0 saturated carbocycles. The fourth-order valence-corrected chi connectivity index (χ4v) is 2.61. The van der Waals surface area contributed by atoms with Gasteiger partial charge in [-0.3, -0.25) is 4.68 Å². The van der Waals surface area contributed by atoms with Crippen molar-refractivity contribution in [3.8, 4) is 11.3 Å². The molecule has 0 unspecified atom stereocenters. The molecule has 90 valence electrons. The van der Waals surface area contributed by atoms with Crippen LogP contribution in [-0.4, -0.2) is 16.3 Å². The number of aromatic nitrogens is 2. The quantitative estimate of drug-likeness (QED) is 0.945. The van der Waals surface area contributed by atoms with Gasteiger partial charge in [-0.05, 0) is 26.0 Å². The maximum absolute atomic E-state index is 5.67. The number of hydrogen-bond acceptors (Lipinski definition) is 2. The zero-order chi connectivity index (χ0) is 12.4. The SMILES string of the molecule is Cc1nn(C)c(-c2ccccc2Br)c1CCN. The molecule has 0 spiro atoms. The third-order valence-corrected chi connectivity index (χ3v) is 3.56. The van der Waals surface area contributed by atoms with Crippen LogP contribution in [0.4, 0.5) is 0 Å². The summed E-state index contributed by atoms with van der Waals surface area (Å²) in [6.45, 7) is 2.68. The minimum Gasteiger partial charge on any atom is -0.330 e. The molecule has 2 aromatic rings. The molecule has 0 aliphatic rings. The molecule has 3 nitrogen and oxygen atoms in total. The topological polar surface area (TPSA) is 43.8 Å². The summed E-state index contributed by atoms with van der Waals surface area (Å²) in [5.41, 5.74) is 10.3. The molecule has 0 aliphatic heterocycles. The molecule has 0 saturated heterocycles. The summed E-state index contributed by atoms with van der Waals surface area (Å²) < 4.78 is 3.02. The maximum Gasteiger partial charge on any atom is 0.0725 e. The fraction of sp³-hybridized carbons (Fsp3) is 0.308. The summed E-state index contributed by atoms with van der Waals surface area (Å²) in [5.74, 6) is 0. The predicted octanol–water partition coefficient (Wildman–Crippen LogP) is 2.66. The third-order valence-electron chi connectivity index (χ3n) is 2.87. The van der Waals surface area contributed by atoms with E-state index in [9.17, 15) is 0 Å². The average Bonchev–Trinajstić information content (AvgIpc) is 2.56. The van der Waals surface area contributed by atoms with E-state index in [1.807, 2.05) is 36.9 Å². The Hall–Kier alpha value is -1.13. The number of halogens is 1. The standard InChI is InChI=1S/C13H16BrN3/c1-9-10(7-8-15)13(17(2)16-9)11-5-3-4-6-12(11)14/h3-6H,7-8,15H2,1-2H3. The van der Waals surface area contributed by atoms with Gasteiger partial charge in [0.25, 0.3) is 0 Å². The van der Waals surface area contributed by atoms with Crippen LogP contribution in [0.25, 0.3) is 11.3 Å². The minimum absolute atomic E-state index is 0.643. The first kappa shape index (κ1) is 12.3. The second kappa shape index (κ2) is 5.02. The van der Waals surface area contributed by atoms with Crippen LogP contribution in [0.2, 0.25) is 0 Å². The first-order chi connectivity index (χ1) is 8.15. The lowest BCUT2D eigenvalue weighted by Crippen LogP contribution is -2.05. The van der Waals surface area contributed by atoms with E-state index in [0.717, 1.165) is 22.3 Å². The Morgan fingerprint density at radius 1 is 1.35 bits per heavy atom. The van der Waals surface area contributed by atoms with Gasteiger partial charge >= 0.3 is 0 Å². The average molecular weight is 294 g/mol. The van der Waals surface area contributed by atoms with Crippen LogP contribution < -0.4 is 5.73 Å². The van der Waals surface area contributed by atoms with Crippen LogP contribution in [0, 0.1) is 6.92 Å². The van der Waals surface area contributed by atoms with Gasteiger partial charge < -0.3 is 5.73 Å². The fourth-order valence-electron chi connectivity index (χ4n) is 2.14. The summed E-state index contributed by atoms with van der Waals surface area (Å²) in [6.07, 6.45) is 0.857. The highest BCUT2D eigenvalue weighted by Gasteiger charge is 2.15. The highest BCUT2D eigenvalue weighted by Crippen LogP contribution is 2.31. The van der Waals surface area contributed by atoms with Crippen molar-refractivity contribution in [3.63, 3.8) is 0 Å². The normalized spacial score (nSPS) is 10.8. The second-order valence-electron chi connectivity index (χ2n) is 4.05. The second-order valence-corrected chi connectivity index (χ2v) is 4.91. The van der Waals surface area contributed by atoms with Crippen molar-refractivity contribution in [3.05, 3.63) is 40.0 Å². The van der Waals surface area contributed by atoms with E-state index in [1.165, 1.54) is 11.1 Å². The highest BCUT2D eigenvalue weighted by atomic mass is 79.9. The van der Waals surface area contributed by atoms with Crippen molar-refractivity contribution in [2.45, 2.75) is 13.3 Å². The zero-order valence-corrected chi connectivity index (χ0v) is 11.7. The molecule has 2 rings (SSSR count). The molecule has 0 aliphatic carbocycles. The van der Waals surface area contributed by atoms with E-state index in [4.69, 9.17) is 5.73 Å². The van der Waals surface area contributed by atoms with Crippen LogP contribution >= 0.6 is 15.9 Å². The zero-order valence-electron chi connectivity index (χ0n) is 10.1. The van der Waals surface area contributed by atoms with Crippen molar-refractivity contribution in [1.29, 1.82) is 0 Å². The Labute approximate surface area is 110 Å². The monoisotopic (exact) mass is 293 g/mol. The highest BCUT2D eigenvalue weighted by molar-refractivity contribution is 9.10. The first-order valence-corrected chi connectivity index (χ1v) is 6.42. The molecule has 1 heterocycles. The third kappa shape index (κ3) is 2.28. The predicted molar refractivity (Wildman–Crippen MR) is 73.8 cm³/mol. The number of hydrogen-bond donors (Lipinski definition) is 1. The smallest absolute Gasteiger partial charge is 0.0725 e. The van der Waals surface area contributed by atoms with E-state index in [-0.39, 0.29) is 0 Å². The molecule has 1 aromatic heterocycles. The van der Waals surface area contributed by atoms with Crippen LogP contribution in [-0.2, 0) is 13.5 Å². The van der Waals surface area contributed by atoms with Crippen molar-refractivity contribution >= 4 is 15.9 Å². The van der Waals surface area contributed by atoms with E-state index < -0.39 is 0 Å². The molecule has 0 atom stereocenters. The van der Waals surface area contributed by atoms with Crippen LogP contribution in [0.3, 0.4) is 0 Å². The molecule has 4 heteroatoms. The molecule has 0 bridgehead atoms. The van der Waals surface area contributed by atoms with Gasteiger partial charge in [0.05, 0.1) is 11.4 Å². The van der Waals surface area contributed by atoms with Gasteiger partial charge in [0.15, 0.2) is 0 Å². The van der Waals surface area contributed by atoms with Crippen LogP contribution in [0.1, 0.15) is 11.3 Å². The lowest BCUT2D eigenvalue weighted by molar-refractivity contribution is 0.764. The summed E-state index contributed by atoms with van der Waals surface area (Å²) in [7, 11) is 1.97. The van der Waals surface area contributed by atoms with Crippen molar-refractivity contribution in [1.82, 2.24) is 9.78 Å². The molecule has 0 amide bonds. The van der Waals surface area contributed by atoms with E-state index in [0.29, 0.717) is 6.54 Å². The summed E-state index contributed by atoms with van der Waals surface area (Å²) in [5, 5.41) is 4.49. The van der Waals surface area contributed by atoms with Gasteiger partial charge in [0.1, 0.15) is 0 Å². The van der Waals surface area contributed by atoms with E-state index in [2.05, 4.69) is 27.1 Å². The Morgan fingerprint density at radius 3 is 2.71 bits per heavy atom. The number of benzene rings is 1. The van der Waals surface area contributed by atoms with Crippen LogP contribution in [0.5, 0.6) is 0 Å². The molecule has 0 radical (unpaired) electrons. The Morgan fingerprint density at radius 2 is 2.06 bits per heavy atom. The van der Waals surface area contributed by atoms with E-state index >= 15 is 0 Å². The number of aryl methyl sites for hydroxylation is 2. The van der Waals surface area contributed by atoms with E-state index in [1.54, 1.807) is 0 Å². The summed E-state index contributed by atoms with van der Waals surface area (Å²) in [6, 6.07) is 8.19. The largest absolute Gasteiger partial charge is 0.330 e. The summed E-state index contributed by atoms with van der Waals surface area (Å²) in [4.78, 5) is 0. The van der Waals surface area contributed by atoms with Gasteiger partial charge in [-0.2, -0.15) is 5.10 Å². The Kier molecular flexibility index (Phi) is 3.64. The van der Waals surface area contributed by atoms with Gasteiger partial charge in [-0.1, -0.05) is 34.1 Å². The molecular formula is C13H16BrN3.